The number of morpholine rings is 1. The Hall–Kier alpha value is -3.39. The zero-order valence-corrected chi connectivity index (χ0v) is 17.3. The van der Waals surface area contributed by atoms with E-state index in [1.807, 2.05) is 24.4 Å². The lowest BCUT2D eigenvalue weighted by atomic mass is 10.0. The van der Waals surface area contributed by atoms with E-state index >= 15 is 0 Å². The van der Waals surface area contributed by atoms with Gasteiger partial charge in [-0.2, -0.15) is 5.10 Å². The average Bonchev–Trinajstić information content (AvgIpc) is 3.42. The molecule has 1 fully saturated rings. The molecule has 0 aromatic carbocycles. The van der Waals surface area contributed by atoms with Gasteiger partial charge in [-0.15, -0.1) is 0 Å². The second-order valence-corrected chi connectivity index (χ2v) is 7.56. The van der Waals surface area contributed by atoms with Crippen LogP contribution in [0.1, 0.15) is 12.5 Å². The molecule has 0 spiro atoms. The fourth-order valence-corrected chi connectivity index (χ4v) is 4.07. The van der Waals surface area contributed by atoms with Gasteiger partial charge in [0.25, 0.3) is 0 Å². The molecule has 4 aromatic heterocycles. The van der Waals surface area contributed by atoms with E-state index in [1.165, 1.54) is 0 Å². The van der Waals surface area contributed by atoms with Crippen molar-refractivity contribution in [2.45, 2.75) is 19.9 Å². The zero-order chi connectivity index (χ0) is 20.7. The third-order valence-electron chi connectivity index (χ3n) is 5.60. The van der Waals surface area contributed by atoms with Crippen molar-refractivity contribution in [2.24, 2.45) is 0 Å². The molecule has 5 heterocycles. The molecule has 154 valence electrons. The van der Waals surface area contributed by atoms with Crippen LogP contribution in [0.25, 0.3) is 28.0 Å². The first-order valence-corrected chi connectivity index (χ1v) is 10.0. The van der Waals surface area contributed by atoms with Crippen molar-refractivity contribution in [3.63, 3.8) is 0 Å². The van der Waals surface area contributed by atoms with Crippen LogP contribution in [0, 0.1) is 6.92 Å². The van der Waals surface area contributed by atoms with E-state index < -0.39 is 0 Å². The number of hydrogen-bond acceptors (Lipinski definition) is 6. The molecular weight excluding hydrogens is 380 g/mol. The quantitative estimate of drug-likeness (QED) is 0.562. The fraction of sp³-hybridized carbons (Fsp3) is 0.318. The van der Waals surface area contributed by atoms with Crippen LogP contribution in [0.5, 0.6) is 5.88 Å². The number of aromatic amines is 1. The molecule has 5 rings (SSSR count). The highest BCUT2D eigenvalue weighted by molar-refractivity contribution is 5.98. The van der Waals surface area contributed by atoms with Crippen molar-refractivity contribution in [1.29, 1.82) is 0 Å². The van der Waals surface area contributed by atoms with E-state index in [9.17, 15) is 0 Å². The summed E-state index contributed by atoms with van der Waals surface area (Å²) in [6, 6.07) is 8.29. The van der Waals surface area contributed by atoms with Gasteiger partial charge >= 0.3 is 0 Å². The van der Waals surface area contributed by atoms with Crippen molar-refractivity contribution < 1.29 is 9.47 Å². The van der Waals surface area contributed by atoms with Crippen LogP contribution in [0.2, 0.25) is 0 Å². The van der Waals surface area contributed by atoms with E-state index in [2.05, 4.69) is 50.8 Å². The van der Waals surface area contributed by atoms with Gasteiger partial charge in [-0.3, -0.25) is 9.67 Å². The number of rotatable bonds is 4. The van der Waals surface area contributed by atoms with E-state index in [0.29, 0.717) is 19.1 Å². The van der Waals surface area contributed by atoms with Gasteiger partial charge in [0.1, 0.15) is 17.3 Å². The molecule has 1 saturated heterocycles. The maximum atomic E-state index is 5.64. The van der Waals surface area contributed by atoms with Gasteiger partial charge in [0.05, 0.1) is 32.6 Å². The summed E-state index contributed by atoms with van der Waals surface area (Å²) in [5, 5.41) is 8.26. The largest absolute Gasteiger partial charge is 0.481 e. The number of ether oxygens (including phenoxy) is 2. The van der Waals surface area contributed by atoms with Crippen LogP contribution in [-0.2, 0) is 4.74 Å². The van der Waals surface area contributed by atoms with Gasteiger partial charge in [0, 0.05) is 42.0 Å². The van der Waals surface area contributed by atoms with Crippen LogP contribution in [0.4, 0.5) is 5.82 Å². The van der Waals surface area contributed by atoms with E-state index in [0.717, 1.165) is 45.9 Å². The lowest BCUT2D eigenvalue weighted by Crippen LogP contribution is -2.44. The van der Waals surface area contributed by atoms with Gasteiger partial charge in [-0.1, -0.05) is 0 Å². The molecule has 4 aromatic rings. The Kier molecular flexibility index (Phi) is 4.63. The maximum Gasteiger partial charge on any atom is 0.212 e. The first-order chi connectivity index (χ1) is 14.7. The Labute approximate surface area is 174 Å². The third-order valence-corrected chi connectivity index (χ3v) is 5.60. The van der Waals surface area contributed by atoms with Gasteiger partial charge in [0.15, 0.2) is 0 Å². The van der Waals surface area contributed by atoms with Crippen molar-refractivity contribution >= 4 is 16.9 Å². The average molecular weight is 404 g/mol. The molecule has 1 aliphatic heterocycles. The SMILES string of the molecule is COc1ccc(-c2cc(N3CCOCC3C)nc3c2c(C)cn3-c2ccn[nH]2)cn1. The molecule has 0 saturated carbocycles. The summed E-state index contributed by atoms with van der Waals surface area (Å²) in [5.74, 6) is 2.41. The summed E-state index contributed by atoms with van der Waals surface area (Å²) in [6.07, 6.45) is 5.70. The molecule has 1 N–H and O–H groups in total. The van der Waals surface area contributed by atoms with Crippen molar-refractivity contribution in [3.05, 3.63) is 48.4 Å². The van der Waals surface area contributed by atoms with Crippen molar-refractivity contribution in [2.75, 3.05) is 31.8 Å². The Morgan fingerprint density at radius 3 is 2.87 bits per heavy atom. The van der Waals surface area contributed by atoms with Crippen molar-refractivity contribution in [1.82, 2.24) is 24.7 Å². The lowest BCUT2D eigenvalue weighted by molar-refractivity contribution is 0.0986. The highest BCUT2D eigenvalue weighted by atomic mass is 16.5. The molecule has 8 nitrogen and oxygen atoms in total. The van der Waals surface area contributed by atoms with Gasteiger partial charge in [0.2, 0.25) is 5.88 Å². The number of hydrogen-bond donors (Lipinski definition) is 1. The maximum absolute atomic E-state index is 5.64. The molecule has 1 aliphatic rings. The van der Waals surface area contributed by atoms with E-state index in [-0.39, 0.29) is 6.04 Å². The molecule has 30 heavy (non-hydrogen) atoms. The second-order valence-electron chi connectivity index (χ2n) is 7.56. The number of nitrogens with one attached hydrogen (secondary N) is 1. The summed E-state index contributed by atoms with van der Waals surface area (Å²) in [7, 11) is 1.62. The number of fused-ring (bicyclic) bond motifs is 1. The van der Waals surface area contributed by atoms with Crippen LogP contribution in [0.15, 0.2) is 42.9 Å². The molecule has 0 amide bonds. The second kappa shape index (κ2) is 7.46. The predicted octanol–water partition coefficient (Wildman–Crippen LogP) is 3.35. The molecular formula is C22H24N6O2. The summed E-state index contributed by atoms with van der Waals surface area (Å²) in [5.41, 5.74) is 4.15. The molecule has 1 unspecified atom stereocenters. The standard InChI is InChI=1S/C22H24N6O2/c1-14-12-28(18-6-7-24-26-18)22-21(14)17(16-4-5-20(29-3)23-11-16)10-19(25-22)27-8-9-30-13-15(27)2/h4-7,10-12,15H,8-9,13H2,1-3H3,(H,24,26). The van der Waals surface area contributed by atoms with Gasteiger partial charge in [-0.25, -0.2) is 9.97 Å². The summed E-state index contributed by atoms with van der Waals surface area (Å²) >= 11 is 0. The van der Waals surface area contributed by atoms with Gasteiger partial charge < -0.3 is 14.4 Å². The topological polar surface area (TPSA) is 81.1 Å². The number of anilines is 1. The predicted molar refractivity (Wildman–Crippen MR) is 115 cm³/mol. The van der Waals surface area contributed by atoms with Gasteiger partial charge in [-0.05, 0) is 37.1 Å². The molecule has 0 aliphatic carbocycles. The summed E-state index contributed by atoms with van der Waals surface area (Å²) < 4.78 is 12.9. The number of aryl methyl sites for hydroxylation is 1. The lowest BCUT2D eigenvalue weighted by Gasteiger charge is -2.34. The Morgan fingerprint density at radius 2 is 2.17 bits per heavy atom. The van der Waals surface area contributed by atoms with Crippen LogP contribution in [0.3, 0.4) is 0 Å². The number of nitrogens with zero attached hydrogens (tertiary/aromatic N) is 5. The molecule has 8 heteroatoms. The zero-order valence-electron chi connectivity index (χ0n) is 17.3. The Balaban J connectivity index is 1.76. The van der Waals surface area contributed by atoms with E-state index in [1.54, 1.807) is 13.3 Å². The van der Waals surface area contributed by atoms with E-state index in [4.69, 9.17) is 14.5 Å². The highest BCUT2D eigenvalue weighted by Gasteiger charge is 2.24. The summed E-state index contributed by atoms with van der Waals surface area (Å²) in [4.78, 5) is 11.8. The first kappa shape index (κ1) is 18.6. The minimum Gasteiger partial charge on any atom is -0.481 e. The minimum atomic E-state index is 0.252. The number of H-pyrrole nitrogens is 1. The molecule has 0 bridgehead atoms. The number of pyridine rings is 2. The normalized spacial score (nSPS) is 16.9. The Morgan fingerprint density at radius 1 is 1.27 bits per heavy atom. The molecule has 0 radical (unpaired) electrons. The molecule has 1 atom stereocenters. The minimum absolute atomic E-state index is 0.252. The van der Waals surface area contributed by atoms with Crippen molar-refractivity contribution in [3.8, 4) is 22.8 Å². The summed E-state index contributed by atoms with van der Waals surface area (Å²) in [6.45, 7) is 6.47. The van der Waals surface area contributed by atoms with Crippen LogP contribution < -0.4 is 9.64 Å². The number of methoxy groups -OCH3 is 1. The highest BCUT2D eigenvalue weighted by Crippen LogP contribution is 2.36. The first-order valence-electron chi connectivity index (χ1n) is 10.0. The Bertz CT molecular complexity index is 1170. The monoisotopic (exact) mass is 404 g/mol. The smallest absolute Gasteiger partial charge is 0.212 e. The fourth-order valence-electron chi connectivity index (χ4n) is 4.07. The third kappa shape index (κ3) is 3.09. The number of aromatic nitrogens is 5. The van der Waals surface area contributed by atoms with Crippen LogP contribution >= 0.6 is 0 Å². The van der Waals surface area contributed by atoms with Crippen LogP contribution in [-0.4, -0.2) is 57.6 Å².